The first kappa shape index (κ1) is 16.2. The van der Waals surface area contributed by atoms with Gasteiger partial charge in [0.1, 0.15) is 17.2 Å². The van der Waals surface area contributed by atoms with Gasteiger partial charge < -0.3 is 15.2 Å². The molecule has 1 atom stereocenters. The lowest BCUT2D eigenvalue weighted by Gasteiger charge is -2.26. The standard InChI is InChI=1S/C17H17FN6O2/c1-22-9-10(18)7-11(17(22)26)13-3-2-5-23(13)14-4-6-24-16(21-14)12(8-20-24)15(19)25/h4,6-9,13H,2-3,5H2,1H3,(H2,19,25)/t13-/m1/s1. The van der Waals surface area contributed by atoms with E-state index in [9.17, 15) is 14.0 Å². The molecule has 2 N–H and O–H groups in total. The minimum Gasteiger partial charge on any atom is -0.365 e. The molecule has 4 rings (SSSR count). The first-order valence-electron chi connectivity index (χ1n) is 8.22. The summed E-state index contributed by atoms with van der Waals surface area (Å²) < 4.78 is 16.6. The Morgan fingerprint density at radius 1 is 1.42 bits per heavy atom. The molecule has 9 heteroatoms. The van der Waals surface area contributed by atoms with Gasteiger partial charge in [-0.1, -0.05) is 0 Å². The SMILES string of the molecule is Cn1cc(F)cc([C@H]2CCCN2c2ccn3ncc(C(N)=O)c3n2)c1=O. The van der Waals surface area contributed by atoms with Crippen molar-refractivity contribution in [2.24, 2.45) is 12.8 Å². The lowest BCUT2D eigenvalue weighted by Crippen LogP contribution is -2.31. The molecule has 0 unspecified atom stereocenters. The highest BCUT2D eigenvalue weighted by Gasteiger charge is 2.30. The van der Waals surface area contributed by atoms with Gasteiger partial charge in [-0.05, 0) is 25.0 Å². The summed E-state index contributed by atoms with van der Waals surface area (Å²) >= 11 is 0. The van der Waals surface area contributed by atoms with Crippen molar-refractivity contribution in [3.8, 4) is 0 Å². The summed E-state index contributed by atoms with van der Waals surface area (Å²) in [6.07, 6.45) is 5.79. The van der Waals surface area contributed by atoms with Crippen LogP contribution in [0.3, 0.4) is 0 Å². The van der Waals surface area contributed by atoms with Gasteiger partial charge in [-0.25, -0.2) is 13.9 Å². The Bertz CT molecular complexity index is 1070. The second-order valence-electron chi connectivity index (χ2n) is 6.36. The van der Waals surface area contributed by atoms with Gasteiger partial charge in [0.15, 0.2) is 5.65 Å². The number of rotatable bonds is 3. The molecule has 0 saturated carbocycles. The number of fused-ring (bicyclic) bond motifs is 1. The van der Waals surface area contributed by atoms with Gasteiger partial charge in [-0.3, -0.25) is 9.59 Å². The van der Waals surface area contributed by atoms with E-state index in [4.69, 9.17) is 5.73 Å². The van der Waals surface area contributed by atoms with Crippen LogP contribution in [0.25, 0.3) is 5.65 Å². The van der Waals surface area contributed by atoms with Gasteiger partial charge in [-0.2, -0.15) is 5.10 Å². The predicted molar refractivity (Wildman–Crippen MR) is 92.5 cm³/mol. The number of hydrogen-bond acceptors (Lipinski definition) is 5. The third-order valence-electron chi connectivity index (χ3n) is 4.70. The average Bonchev–Trinajstić information content (AvgIpc) is 3.24. The Labute approximate surface area is 147 Å². The van der Waals surface area contributed by atoms with Crippen LogP contribution in [0.2, 0.25) is 0 Å². The van der Waals surface area contributed by atoms with Crippen LogP contribution in [0.15, 0.2) is 35.5 Å². The Balaban J connectivity index is 1.80. The largest absolute Gasteiger partial charge is 0.365 e. The lowest BCUT2D eigenvalue weighted by atomic mass is 10.1. The minimum atomic E-state index is -0.610. The van der Waals surface area contributed by atoms with E-state index in [1.807, 2.05) is 4.90 Å². The molecule has 0 radical (unpaired) electrons. The van der Waals surface area contributed by atoms with Crippen LogP contribution in [0.1, 0.15) is 34.8 Å². The molecule has 0 bridgehead atoms. The zero-order valence-electron chi connectivity index (χ0n) is 14.1. The third-order valence-corrected chi connectivity index (χ3v) is 4.70. The molecular formula is C17H17FN6O2. The number of amides is 1. The maximum Gasteiger partial charge on any atom is 0.255 e. The first-order valence-corrected chi connectivity index (χ1v) is 8.22. The molecule has 1 amide bonds. The molecule has 0 aromatic carbocycles. The summed E-state index contributed by atoms with van der Waals surface area (Å²) in [4.78, 5) is 30.5. The summed E-state index contributed by atoms with van der Waals surface area (Å²) in [7, 11) is 1.53. The number of aryl methyl sites for hydroxylation is 1. The van der Waals surface area contributed by atoms with Crippen molar-refractivity contribution in [2.75, 3.05) is 11.4 Å². The molecule has 1 saturated heterocycles. The molecule has 1 aliphatic rings. The predicted octanol–water partition coefficient (Wildman–Crippen LogP) is 1.01. The molecule has 1 fully saturated rings. The van der Waals surface area contributed by atoms with E-state index in [2.05, 4.69) is 10.1 Å². The molecule has 3 aromatic rings. The molecule has 134 valence electrons. The van der Waals surface area contributed by atoms with Crippen molar-refractivity contribution >= 4 is 17.4 Å². The summed E-state index contributed by atoms with van der Waals surface area (Å²) in [6, 6.07) is 2.77. The summed E-state index contributed by atoms with van der Waals surface area (Å²) in [6.45, 7) is 0.674. The maximum absolute atomic E-state index is 13.8. The van der Waals surface area contributed by atoms with Crippen molar-refractivity contribution in [2.45, 2.75) is 18.9 Å². The van der Waals surface area contributed by atoms with Crippen LogP contribution in [0.5, 0.6) is 0 Å². The van der Waals surface area contributed by atoms with Gasteiger partial charge >= 0.3 is 0 Å². The summed E-state index contributed by atoms with van der Waals surface area (Å²) in [5.41, 5.74) is 6.12. The molecular weight excluding hydrogens is 339 g/mol. The smallest absolute Gasteiger partial charge is 0.255 e. The van der Waals surface area contributed by atoms with Crippen LogP contribution >= 0.6 is 0 Å². The van der Waals surface area contributed by atoms with Crippen LogP contribution < -0.4 is 16.2 Å². The van der Waals surface area contributed by atoms with E-state index in [0.717, 1.165) is 6.42 Å². The van der Waals surface area contributed by atoms with E-state index in [-0.39, 0.29) is 17.2 Å². The van der Waals surface area contributed by atoms with Crippen LogP contribution in [-0.4, -0.2) is 31.6 Å². The molecule has 8 nitrogen and oxygen atoms in total. The summed E-state index contributed by atoms with van der Waals surface area (Å²) in [5.74, 6) is -0.472. The fourth-order valence-corrected chi connectivity index (χ4v) is 3.49. The minimum absolute atomic E-state index is 0.226. The number of aromatic nitrogens is 4. The zero-order valence-corrected chi connectivity index (χ0v) is 14.1. The van der Waals surface area contributed by atoms with Gasteiger partial charge in [0, 0.05) is 31.5 Å². The van der Waals surface area contributed by atoms with E-state index in [1.54, 1.807) is 12.3 Å². The van der Waals surface area contributed by atoms with Gasteiger partial charge in [-0.15, -0.1) is 0 Å². The third kappa shape index (κ3) is 2.52. The molecule has 26 heavy (non-hydrogen) atoms. The van der Waals surface area contributed by atoms with Gasteiger partial charge in [0.2, 0.25) is 0 Å². The number of hydrogen-bond donors (Lipinski definition) is 1. The van der Waals surface area contributed by atoms with Crippen LogP contribution in [-0.2, 0) is 7.05 Å². The number of nitrogens with zero attached hydrogens (tertiary/aromatic N) is 5. The van der Waals surface area contributed by atoms with Crippen molar-refractivity contribution in [1.82, 2.24) is 19.2 Å². The number of carbonyl (C=O) groups is 1. The molecule has 0 spiro atoms. The number of anilines is 1. The normalized spacial score (nSPS) is 17.2. The molecule has 3 aromatic heterocycles. The van der Waals surface area contributed by atoms with Crippen molar-refractivity contribution < 1.29 is 9.18 Å². The Morgan fingerprint density at radius 2 is 2.23 bits per heavy atom. The Kier molecular flexibility index (Phi) is 3.71. The average molecular weight is 356 g/mol. The number of nitrogens with two attached hydrogens (primary N) is 1. The van der Waals surface area contributed by atoms with Gasteiger partial charge in [0.25, 0.3) is 11.5 Å². The second-order valence-corrected chi connectivity index (χ2v) is 6.36. The number of primary amides is 1. The highest BCUT2D eigenvalue weighted by atomic mass is 19.1. The van der Waals surface area contributed by atoms with E-state index < -0.39 is 11.7 Å². The van der Waals surface area contributed by atoms with Crippen LogP contribution in [0.4, 0.5) is 10.2 Å². The molecule has 1 aliphatic heterocycles. The quantitative estimate of drug-likeness (QED) is 0.755. The monoisotopic (exact) mass is 356 g/mol. The number of carbonyl (C=O) groups excluding carboxylic acids is 1. The first-order chi connectivity index (χ1) is 12.5. The van der Waals surface area contributed by atoms with Crippen molar-refractivity contribution in [1.29, 1.82) is 0 Å². The number of halogens is 1. The van der Waals surface area contributed by atoms with E-state index in [1.165, 1.54) is 34.6 Å². The second kappa shape index (κ2) is 5.94. The fraction of sp³-hybridized carbons (Fsp3) is 0.294. The highest BCUT2D eigenvalue weighted by Crippen LogP contribution is 2.34. The van der Waals surface area contributed by atoms with Crippen molar-refractivity contribution in [3.63, 3.8) is 0 Å². The Morgan fingerprint density at radius 3 is 3.00 bits per heavy atom. The topological polar surface area (TPSA) is 98.5 Å². The molecule has 0 aliphatic carbocycles. The van der Waals surface area contributed by atoms with Gasteiger partial charge in [0.05, 0.1) is 12.2 Å². The van der Waals surface area contributed by atoms with Crippen molar-refractivity contribution in [3.05, 3.63) is 58.0 Å². The van der Waals surface area contributed by atoms with Crippen LogP contribution in [0, 0.1) is 5.82 Å². The molecule has 4 heterocycles. The maximum atomic E-state index is 13.8. The Hall–Kier alpha value is -3.23. The fourth-order valence-electron chi connectivity index (χ4n) is 3.49. The van der Waals surface area contributed by atoms with E-state index in [0.29, 0.717) is 30.0 Å². The zero-order chi connectivity index (χ0) is 18.4. The van der Waals surface area contributed by atoms with E-state index >= 15 is 0 Å². The summed E-state index contributed by atoms with van der Waals surface area (Å²) in [5, 5.41) is 4.05. The highest BCUT2D eigenvalue weighted by molar-refractivity contribution is 5.98. The lowest BCUT2D eigenvalue weighted by molar-refractivity contribution is 0.100. The number of pyridine rings is 1.